The molecule has 1 aliphatic heterocycles. The smallest absolute Gasteiger partial charge is 0.191 e. The first kappa shape index (κ1) is 20.1. The Kier molecular flexibility index (Phi) is 8.11. The molecule has 0 spiro atoms. The van der Waals surface area contributed by atoms with E-state index in [0.29, 0.717) is 24.0 Å². The van der Waals surface area contributed by atoms with E-state index in [0.717, 1.165) is 36.8 Å². The van der Waals surface area contributed by atoms with Gasteiger partial charge in [-0.05, 0) is 46.5 Å². The van der Waals surface area contributed by atoms with Crippen molar-refractivity contribution in [1.82, 2.24) is 10.6 Å². The van der Waals surface area contributed by atoms with Gasteiger partial charge < -0.3 is 20.1 Å². The van der Waals surface area contributed by atoms with Crippen LogP contribution in [0.4, 0.5) is 0 Å². The van der Waals surface area contributed by atoms with Crippen LogP contribution >= 0.6 is 46.9 Å². The number of fused-ring (bicyclic) bond motifs is 1. The summed E-state index contributed by atoms with van der Waals surface area (Å²) in [5.74, 6) is 2.15. The predicted molar refractivity (Wildman–Crippen MR) is 114 cm³/mol. The van der Waals surface area contributed by atoms with Crippen molar-refractivity contribution in [2.24, 2.45) is 4.99 Å². The average molecular weight is 494 g/mol. The molecule has 8 heteroatoms. The summed E-state index contributed by atoms with van der Waals surface area (Å²) >= 11 is 7.95. The number of rotatable bonds is 5. The highest BCUT2D eigenvalue weighted by Crippen LogP contribution is 2.38. The Morgan fingerprint density at radius 1 is 1.24 bits per heavy atom. The van der Waals surface area contributed by atoms with Gasteiger partial charge in [-0.25, -0.2) is 0 Å². The van der Waals surface area contributed by atoms with Crippen molar-refractivity contribution in [3.8, 4) is 11.5 Å². The Morgan fingerprint density at radius 2 is 2.08 bits per heavy atom. The van der Waals surface area contributed by atoms with Gasteiger partial charge in [-0.1, -0.05) is 11.6 Å². The van der Waals surface area contributed by atoms with Gasteiger partial charge in [0, 0.05) is 20.1 Å². The molecular weight excluding hydrogens is 473 g/mol. The van der Waals surface area contributed by atoms with Crippen molar-refractivity contribution >= 4 is 52.9 Å². The van der Waals surface area contributed by atoms with E-state index in [9.17, 15) is 0 Å². The Balaban J connectivity index is 0.00000225. The molecule has 2 heterocycles. The van der Waals surface area contributed by atoms with Crippen LogP contribution < -0.4 is 20.1 Å². The molecule has 0 fully saturated rings. The third kappa shape index (κ3) is 5.65. The van der Waals surface area contributed by atoms with Crippen LogP contribution in [0.5, 0.6) is 11.5 Å². The van der Waals surface area contributed by atoms with Gasteiger partial charge in [-0.15, -0.1) is 24.0 Å². The van der Waals surface area contributed by atoms with Gasteiger partial charge in [-0.3, -0.25) is 4.99 Å². The Bertz CT molecular complexity index is 710. The minimum atomic E-state index is 0. The van der Waals surface area contributed by atoms with Crippen LogP contribution in [0.2, 0.25) is 5.02 Å². The van der Waals surface area contributed by atoms with Gasteiger partial charge >= 0.3 is 0 Å². The molecule has 136 valence electrons. The topological polar surface area (TPSA) is 54.9 Å². The quantitative estimate of drug-likeness (QED) is 0.379. The summed E-state index contributed by atoms with van der Waals surface area (Å²) in [7, 11) is 1.77. The van der Waals surface area contributed by atoms with Crippen molar-refractivity contribution < 1.29 is 9.47 Å². The van der Waals surface area contributed by atoms with E-state index in [-0.39, 0.29) is 24.0 Å². The number of halogens is 2. The molecule has 3 rings (SSSR count). The zero-order valence-electron chi connectivity index (χ0n) is 13.9. The van der Waals surface area contributed by atoms with E-state index in [4.69, 9.17) is 21.1 Å². The second kappa shape index (κ2) is 10.1. The lowest BCUT2D eigenvalue weighted by Gasteiger charge is -2.20. The third-order valence-electron chi connectivity index (χ3n) is 3.63. The van der Waals surface area contributed by atoms with Gasteiger partial charge in [0.1, 0.15) is 13.2 Å². The molecule has 0 atom stereocenters. The lowest BCUT2D eigenvalue weighted by atomic mass is 10.1. The number of ether oxygens (including phenoxy) is 2. The fraction of sp³-hybridized carbons (Fsp3) is 0.353. The van der Waals surface area contributed by atoms with Crippen molar-refractivity contribution in [2.45, 2.75) is 13.0 Å². The van der Waals surface area contributed by atoms with Crippen LogP contribution in [0.1, 0.15) is 11.1 Å². The van der Waals surface area contributed by atoms with Crippen LogP contribution in [-0.2, 0) is 13.0 Å². The lowest BCUT2D eigenvalue weighted by Crippen LogP contribution is -2.37. The molecule has 0 bridgehead atoms. The van der Waals surface area contributed by atoms with Gasteiger partial charge in [0.25, 0.3) is 0 Å². The molecule has 0 saturated heterocycles. The fourth-order valence-corrected chi connectivity index (χ4v) is 3.39. The van der Waals surface area contributed by atoms with E-state index >= 15 is 0 Å². The van der Waals surface area contributed by atoms with Gasteiger partial charge in [0.05, 0.1) is 5.02 Å². The molecule has 1 aromatic carbocycles. The van der Waals surface area contributed by atoms with Crippen molar-refractivity contribution in [1.29, 1.82) is 0 Å². The summed E-state index contributed by atoms with van der Waals surface area (Å²) in [6.45, 7) is 2.61. The maximum atomic E-state index is 6.26. The van der Waals surface area contributed by atoms with Crippen LogP contribution in [-0.4, -0.2) is 32.8 Å². The van der Waals surface area contributed by atoms with Gasteiger partial charge in [0.15, 0.2) is 17.5 Å². The first-order valence-electron chi connectivity index (χ1n) is 7.80. The van der Waals surface area contributed by atoms with Gasteiger partial charge in [-0.2, -0.15) is 11.3 Å². The second-order valence-electron chi connectivity index (χ2n) is 5.34. The molecule has 2 N–H and O–H groups in total. The highest BCUT2D eigenvalue weighted by atomic mass is 127. The second-order valence-corrected chi connectivity index (χ2v) is 6.52. The molecule has 2 aromatic rings. The summed E-state index contributed by atoms with van der Waals surface area (Å²) < 4.78 is 11.1. The normalized spacial score (nSPS) is 13.1. The molecule has 5 nitrogen and oxygen atoms in total. The maximum Gasteiger partial charge on any atom is 0.191 e. The Morgan fingerprint density at radius 3 is 2.84 bits per heavy atom. The lowest BCUT2D eigenvalue weighted by molar-refractivity contribution is 0.171. The number of guanidine groups is 1. The molecule has 0 unspecified atom stereocenters. The summed E-state index contributed by atoms with van der Waals surface area (Å²) in [6.07, 6.45) is 0.815. The van der Waals surface area contributed by atoms with Crippen LogP contribution in [0, 0.1) is 0 Å². The van der Waals surface area contributed by atoms with Crippen molar-refractivity contribution in [3.63, 3.8) is 0 Å². The van der Waals surface area contributed by atoms with Crippen LogP contribution in [0.25, 0.3) is 0 Å². The van der Waals surface area contributed by atoms with E-state index in [1.54, 1.807) is 18.4 Å². The number of nitrogens with zero attached hydrogens (tertiary/aromatic N) is 1. The molecular formula is C17H21ClIN3O2S. The number of nitrogens with one attached hydrogen (secondary N) is 2. The predicted octanol–water partition coefficient (Wildman–Crippen LogP) is 3.70. The SMILES string of the molecule is CN=C(NCCc1cc(Cl)c2c(c1)OCCO2)NCc1ccsc1.I. The van der Waals surface area contributed by atoms with Crippen molar-refractivity contribution in [2.75, 3.05) is 26.8 Å². The molecule has 25 heavy (non-hydrogen) atoms. The molecule has 1 aliphatic rings. The molecule has 1 aromatic heterocycles. The van der Waals surface area contributed by atoms with E-state index in [1.165, 1.54) is 5.56 Å². The highest BCUT2D eigenvalue weighted by Gasteiger charge is 2.16. The van der Waals surface area contributed by atoms with E-state index in [1.807, 2.05) is 12.1 Å². The standard InChI is InChI=1S/C17H20ClN3O2S.HI/c1-19-17(21-10-13-3-7-24-11-13)20-4-2-12-8-14(18)16-15(9-12)22-5-6-23-16;/h3,7-9,11H,2,4-6,10H2,1H3,(H2,19,20,21);1H. The molecule has 0 saturated carbocycles. The van der Waals surface area contributed by atoms with Gasteiger partial charge in [0.2, 0.25) is 0 Å². The number of aliphatic imine (C=N–C) groups is 1. The Hall–Kier alpha value is -1.19. The number of benzene rings is 1. The minimum Gasteiger partial charge on any atom is -0.486 e. The molecule has 0 radical (unpaired) electrons. The van der Waals surface area contributed by atoms with Crippen LogP contribution in [0.15, 0.2) is 34.0 Å². The number of hydrogen-bond donors (Lipinski definition) is 2. The van der Waals surface area contributed by atoms with Crippen LogP contribution in [0.3, 0.4) is 0 Å². The summed E-state index contributed by atoms with van der Waals surface area (Å²) in [6, 6.07) is 6.02. The Labute approximate surface area is 173 Å². The minimum absolute atomic E-state index is 0. The summed E-state index contributed by atoms with van der Waals surface area (Å²) in [5.41, 5.74) is 2.35. The number of hydrogen-bond acceptors (Lipinski definition) is 4. The third-order valence-corrected chi connectivity index (χ3v) is 4.64. The van der Waals surface area contributed by atoms with E-state index < -0.39 is 0 Å². The first-order valence-corrected chi connectivity index (χ1v) is 9.12. The largest absolute Gasteiger partial charge is 0.486 e. The van der Waals surface area contributed by atoms with E-state index in [2.05, 4.69) is 32.5 Å². The fourth-order valence-electron chi connectivity index (χ4n) is 2.43. The zero-order valence-corrected chi connectivity index (χ0v) is 17.8. The summed E-state index contributed by atoms with van der Waals surface area (Å²) in [4.78, 5) is 4.23. The average Bonchev–Trinajstić information content (AvgIpc) is 3.11. The highest BCUT2D eigenvalue weighted by molar-refractivity contribution is 14.0. The maximum absolute atomic E-state index is 6.26. The number of thiophene rings is 1. The first-order chi connectivity index (χ1) is 11.8. The summed E-state index contributed by atoms with van der Waals surface area (Å²) in [5, 5.41) is 11.4. The van der Waals surface area contributed by atoms with Crippen molar-refractivity contribution in [3.05, 3.63) is 45.1 Å². The monoisotopic (exact) mass is 493 g/mol. The molecule has 0 amide bonds. The zero-order chi connectivity index (χ0) is 16.8. The molecule has 0 aliphatic carbocycles.